The quantitative estimate of drug-likeness (QED) is 0.380. The standard InChI is InChI=1S/C26H26N8O/c1-17-21(8-9-23-22(17)10-12-28-24(23)27)14-29-26(35)25-31-18(2)34(32-25)16-20-6-4-19(5-7-20)15-33-13-3-11-30-33/h3-13H,14-16H2,1-2H3,(H2,27,28)(H,29,35). The second kappa shape index (κ2) is 9.38. The summed E-state index contributed by atoms with van der Waals surface area (Å²) in [6, 6.07) is 16.0. The molecule has 0 fully saturated rings. The van der Waals surface area contributed by atoms with Crippen molar-refractivity contribution in [3.63, 3.8) is 0 Å². The molecule has 3 aromatic heterocycles. The van der Waals surface area contributed by atoms with Crippen molar-refractivity contribution in [1.29, 1.82) is 0 Å². The lowest BCUT2D eigenvalue weighted by atomic mass is 10.0. The Labute approximate surface area is 202 Å². The van der Waals surface area contributed by atoms with Crippen LogP contribution in [0, 0.1) is 13.8 Å². The number of benzene rings is 2. The lowest BCUT2D eigenvalue weighted by Gasteiger charge is -2.11. The van der Waals surface area contributed by atoms with Crippen LogP contribution < -0.4 is 11.1 Å². The first-order valence-electron chi connectivity index (χ1n) is 11.4. The highest BCUT2D eigenvalue weighted by Gasteiger charge is 2.15. The highest BCUT2D eigenvalue weighted by molar-refractivity contribution is 5.94. The van der Waals surface area contributed by atoms with Gasteiger partial charge in [-0.15, -0.1) is 5.10 Å². The van der Waals surface area contributed by atoms with E-state index < -0.39 is 0 Å². The number of hydrogen-bond donors (Lipinski definition) is 2. The molecule has 2 aromatic carbocycles. The number of aryl methyl sites for hydroxylation is 2. The predicted molar refractivity (Wildman–Crippen MR) is 134 cm³/mol. The van der Waals surface area contributed by atoms with E-state index in [2.05, 4.69) is 49.7 Å². The monoisotopic (exact) mass is 466 g/mol. The summed E-state index contributed by atoms with van der Waals surface area (Å²) in [6.45, 7) is 5.49. The summed E-state index contributed by atoms with van der Waals surface area (Å²) in [5, 5.41) is 13.5. The van der Waals surface area contributed by atoms with Gasteiger partial charge in [0.05, 0.1) is 13.1 Å². The van der Waals surface area contributed by atoms with Crippen molar-refractivity contribution in [2.45, 2.75) is 33.5 Å². The van der Waals surface area contributed by atoms with Gasteiger partial charge in [0, 0.05) is 30.5 Å². The molecule has 0 aliphatic rings. The summed E-state index contributed by atoms with van der Waals surface area (Å²) < 4.78 is 3.63. The van der Waals surface area contributed by atoms with Crippen LogP contribution in [0.2, 0.25) is 0 Å². The van der Waals surface area contributed by atoms with Gasteiger partial charge in [-0.05, 0) is 53.6 Å². The number of pyridine rings is 1. The summed E-state index contributed by atoms with van der Waals surface area (Å²) >= 11 is 0. The van der Waals surface area contributed by atoms with Crippen LogP contribution in [0.1, 0.15) is 38.7 Å². The molecule has 35 heavy (non-hydrogen) atoms. The first kappa shape index (κ1) is 22.3. The van der Waals surface area contributed by atoms with Gasteiger partial charge < -0.3 is 11.1 Å². The summed E-state index contributed by atoms with van der Waals surface area (Å²) in [5.41, 5.74) is 10.3. The Morgan fingerprint density at radius 3 is 2.49 bits per heavy atom. The van der Waals surface area contributed by atoms with E-state index in [-0.39, 0.29) is 11.7 Å². The maximum atomic E-state index is 12.8. The van der Waals surface area contributed by atoms with Crippen LogP contribution in [0.4, 0.5) is 5.82 Å². The third kappa shape index (κ3) is 4.74. The van der Waals surface area contributed by atoms with E-state index in [1.165, 1.54) is 0 Å². The van der Waals surface area contributed by atoms with Gasteiger partial charge >= 0.3 is 0 Å². The third-order valence-corrected chi connectivity index (χ3v) is 6.12. The number of fused-ring (bicyclic) bond motifs is 1. The van der Waals surface area contributed by atoms with E-state index in [0.29, 0.717) is 24.7 Å². The number of nitrogens with one attached hydrogen (secondary N) is 1. The molecule has 9 nitrogen and oxygen atoms in total. The summed E-state index contributed by atoms with van der Waals surface area (Å²) in [4.78, 5) is 21.3. The number of carbonyl (C=O) groups excluding carboxylic acids is 1. The van der Waals surface area contributed by atoms with Crippen LogP contribution in [0.5, 0.6) is 0 Å². The minimum Gasteiger partial charge on any atom is -0.383 e. The average Bonchev–Trinajstić information content (AvgIpc) is 3.50. The van der Waals surface area contributed by atoms with Crippen molar-refractivity contribution in [3.8, 4) is 0 Å². The smallest absolute Gasteiger partial charge is 0.291 e. The Morgan fingerprint density at radius 2 is 1.74 bits per heavy atom. The third-order valence-electron chi connectivity index (χ3n) is 6.12. The van der Waals surface area contributed by atoms with Crippen LogP contribution in [0.3, 0.4) is 0 Å². The summed E-state index contributed by atoms with van der Waals surface area (Å²) in [5.74, 6) is 1.03. The molecule has 1 amide bonds. The number of nitrogens with zero attached hydrogens (tertiary/aromatic N) is 6. The zero-order chi connectivity index (χ0) is 24.4. The number of aromatic nitrogens is 6. The zero-order valence-corrected chi connectivity index (χ0v) is 19.6. The molecule has 3 heterocycles. The van der Waals surface area contributed by atoms with Crippen molar-refractivity contribution in [3.05, 3.63) is 101 Å². The van der Waals surface area contributed by atoms with Crippen LogP contribution in [0.25, 0.3) is 10.8 Å². The highest BCUT2D eigenvalue weighted by Crippen LogP contribution is 2.24. The second-order valence-corrected chi connectivity index (χ2v) is 8.48. The number of anilines is 1. The molecule has 3 N–H and O–H groups in total. The Balaban J connectivity index is 1.24. The van der Waals surface area contributed by atoms with Crippen molar-refractivity contribution in [1.82, 2.24) is 34.8 Å². The maximum absolute atomic E-state index is 12.8. The fourth-order valence-corrected chi connectivity index (χ4v) is 4.09. The molecule has 9 heteroatoms. The van der Waals surface area contributed by atoms with Crippen LogP contribution in [0.15, 0.2) is 67.1 Å². The normalized spacial score (nSPS) is 11.1. The highest BCUT2D eigenvalue weighted by atomic mass is 16.2. The number of hydrogen-bond acceptors (Lipinski definition) is 6. The van der Waals surface area contributed by atoms with E-state index in [0.717, 1.165) is 39.6 Å². The lowest BCUT2D eigenvalue weighted by molar-refractivity contribution is 0.0940. The molecule has 5 rings (SSSR count). The first-order chi connectivity index (χ1) is 17.0. The van der Waals surface area contributed by atoms with Crippen LogP contribution >= 0.6 is 0 Å². The van der Waals surface area contributed by atoms with Gasteiger partial charge in [-0.25, -0.2) is 14.6 Å². The molecule has 0 saturated carbocycles. The molecule has 0 spiro atoms. The molecule has 176 valence electrons. The van der Waals surface area contributed by atoms with E-state index >= 15 is 0 Å². The molecular formula is C26H26N8O. The van der Waals surface area contributed by atoms with Crippen molar-refractivity contribution < 1.29 is 4.79 Å². The van der Waals surface area contributed by atoms with Crippen LogP contribution in [-0.4, -0.2) is 35.4 Å². The SMILES string of the molecule is Cc1c(CNC(=O)c2nc(C)n(Cc3ccc(Cn4cccn4)cc3)n2)ccc2c(N)nccc12. The Hall–Kier alpha value is -4.53. The van der Waals surface area contributed by atoms with Crippen molar-refractivity contribution in [2.24, 2.45) is 0 Å². The Kier molecular flexibility index (Phi) is 5.97. The summed E-state index contributed by atoms with van der Waals surface area (Å²) in [6.07, 6.45) is 5.40. The van der Waals surface area contributed by atoms with Gasteiger partial charge in [-0.1, -0.05) is 36.4 Å². The van der Waals surface area contributed by atoms with Gasteiger partial charge in [-0.3, -0.25) is 9.48 Å². The van der Waals surface area contributed by atoms with Gasteiger partial charge in [0.25, 0.3) is 5.91 Å². The van der Waals surface area contributed by atoms with E-state index in [1.807, 2.05) is 49.0 Å². The molecule has 0 aliphatic heterocycles. The Morgan fingerprint density at radius 1 is 0.971 bits per heavy atom. The van der Waals surface area contributed by atoms with Gasteiger partial charge in [0.1, 0.15) is 11.6 Å². The van der Waals surface area contributed by atoms with Crippen molar-refractivity contribution in [2.75, 3.05) is 5.73 Å². The predicted octanol–water partition coefficient (Wildman–Crippen LogP) is 3.25. The second-order valence-electron chi connectivity index (χ2n) is 8.48. The topological polar surface area (TPSA) is 117 Å². The number of amides is 1. The molecule has 0 atom stereocenters. The van der Waals surface area contributed by atoms with E-state index in [1.54, 1.807) is 17.1 Å². The van der Waals surface area contributed by atoms with E-state index in [9.17, 15) is 4.79 Å². The minimum atomic E-state index is -0.310. The number of nitrogens with two attached hydrogens (primary N) is 1. The summed E-state index contributed by atoms with van der Waals surface area (Å²) in [7, 11) is 0. The molecule has 0 aliphatic carbocycles. The zero-order valence-electron chi connectivity index (χ0n) is 19.6. The molecule has 5 aromatic rings. The molecule has 0 bridgehead atoms. The lowest BCUT2D eigenvalue weighted by Crippen LogP contribution is -2.24. The van der Waals surface area contributed by atoms with E-state index in [4.69, 9.17) is 5.73 Å². The van der Waals surface area contributed by atoms with Gasteiger partial charge in [0.2, 0.25) is 5.82 Å². The number of rotatable bonds is 7. The van der Waals surface area contributed by atoms with Crippen molar-refractivity contribution >= 4 is 22.5 Å². The molecule has 0 unspecified atom stereocenters. The Bertz CT molecular complexity index is 1490. The number of nitrogen functional groups attached to an aromatic ring is 1. The molecular weight excluding hydrogens is 440 g/mol. The maximum Gasteiger partial charge on any atom is 0.291 e. The van der Waals surface area contributed by atoms with Crippen LogP contribution in [-0.2, 0) is 19.6 Å². The number of carbonyl (C=O) groups is 1. The van der Waals surface area contributed by atoms with Gasteiger partial charge in [0.15, 0.2) is 0 Å². The molecule has 0 radical (unpaired) electrons. The fraction of sp³-hybridized carbons (Fsp3) is 0.192. The first-order valence-corrected chi connectivity index (χ1v) is 11.4. The largest absolute Gasteiger partial charge is 0.383 e. The molecule has 0 saturated heterocycles. The minimum absolute atomic E-state index is 0.157. The fourth-order valence-electron chi connectivity index (χ4n) is 4.09. The van der Waals surface area contributed by atoms with Gasteiger partial charge in [-0.2, -0.15) is 5.10 Å². The average molecular weight is 467 g/mol.